The predicted octanol–water partition coefficient (Wildman–Crippen LogP) is 4.69. The van der Waals surface area contributed by atoms with Crippen molar-refractivity contribution in [1.29, 1.82) is 0 Å². The van der Waals surface area contributed by atoms with Crippen molar-refractivity contribution in [2.24, 2.45) is 9.98 Å². The second kappa shape index (κ2) is 8.48. The van der Waals surface area contributed by atoms with E-state index >= 15 is 0 Å². The topological polar surface area (TPSA) is 63.9 Å². The molecule has 0 aliphatic rings. The van der Waals surface area contributed by atoms with Gasteiger partial charge in [-0.15, -0.1) is 0 Å². The van der Waals surface area contributed by atoms with Gasteiger partial charge in [-0.2, -0.15) is 0 Å². The maximum Gasteiger partial charge on any atom is 0.223 e. The van der Waals surface area contributed by atoms with E-state index in [1.54, 1.807) is 24.5 Å². The number of ether oxygens (including phenoxy) is 1. The summed E-state index contributed by atoms with van der Waals surface area (Å²) in [5, 5.41) is 0. The van der Waals surface area contributed by atoms with Crippen LogP contribution < -0.4 is 4.74 Å². The number of nitrogens with zero attached hydrogens (tertiary/aromatic N) is 3. The van der Waals surface area contributed by atoms with E-state index in [4.69, 9.17) is 4.74 Å². The van der Waals surface area contributed by atoms with Crippen LogP contribution in [-0.2, 0) is 0 Å². The summed E-state index contributed by atoms with van der Waals surface area (Å²) in [6, 6.07) is 7.34. The smallest absolute Gasteiger partial charge is 0.223 e. The Labute approximate surface area is 152 Å². The van der Waals surface area contributed by atoms with Gasteiger partial charge in [-0.05, 0) is 54.4 Å². The van der Waals surface area contributed by atoms with Crippen molar-refractivity contribution in [2.75, 3.05) is 7.11 Å². The molecule has 0 atom stereocenters. The van der Waals surface area contributed by atoms with Crippen LogP contribution in [0.2, 0.25) is 0 Å². The molecule has 2 rings (SSSR count). The highest BCUT2D eigenvalue weighted by atomic mass is 16.5. The molecule has 0 amide bonds. The number of rotatable bonds is 8. The summed E-state index contributed by atoms with van der Waals surface area (Å²) in [6.07, 6.45) is 5.62. The van der Waals surface area contributed by atoms with E-state index in [9.17, 15) is 4.79 Å². The lowest BCUT2D eigenvalue weighted by molar-refractivity contribution is 0.112. The van der Waals surface area contributed by atoms with Gasteiger partial charge in [0.25, 0.3) is 0 Å². The molecule has 130 valence electrons. The first-order valence-corrected chi connectivity index (χ1v) is 7.67. The van der Waals surface area contributed by atoms with E-state index in [-0.39, 0.29) is 5.88 Å². The Kier molecular flexibility index (Phi) is 6.11. The third-order valence-corrected chi connectivity index (χ3v) is 3.79. The summed E-state index contributed by atoms with van der Waals surface area (Å²) in [5.41, 5.74) is 4.82. The zero-order valence-electron chi connectivity index (χ0n) is 14.6. The van der Waals surface area contributed by atoms with Gasteiger partial charge >= 0.3 is 0 Å². The monoisotopic (exact) mass is 345 g/mol. The zero-order chi connectivity index (χ0) is 19.1. The van der Waals surface area contributed by atoms with Crippen molar-refractivity contribution in [3.63, 3.8) is 0 Å². The first kappa shape index (κ1) is 18.7. The average molecular weight is 345 g/mol. The van der Waals surface area contributed by atoms with E-state index < -0.39 is 0 Å². The van der Waals surface area contributed by atoms with Crippen molar-refractivity contribution >= 4 is 31.0 Å². The Balaban J connectivity index is 2.53. The third kappa shape index (κ3) is 3.89. The molecule has 0 unspecified atom stereocenters. The molecule has 0 saturated heterocycles. The SMILES string of the molecule is C=N/C=C\C(=C)C(=C)c1cc(-c2cnc(OC)c(C=O)c2)ccc1N=C. The maximum absolute atomic E-state index is 11.2. The van der Waals surface area contributed by atoms with Crippen LogP contribution in [0.1, 0.15) is 15.9 Å². The molecule has 26 heavy (non-hydrogen) atoms. The first-order chi connectivity index (χ1) is 12.5. The van der Waals surface area contributed by atoms with Crippen LogP contribution in [0.25, 0.3) is 16.7 Å². The summed E-state index contributed by atoms with van der Waals surface area (Å²) >= 11 is 0. The quantitative estimate of drug-likeness (QED) is 0.396. The number of benzene rings is 1. The number of hydrogen-bond acceptors (Lipinski definition) is 5. The first-order valence-electron chi connectivity index (χ1n) is 7.67. The molecule has 5 nitrogen and oxygen atoms in total. The molecule has 0 bridgehead atoms. The number of carbonyl (C=O) groups is 1. The van der Waals surface area contributed by atoms with Gasteiger partial charge in [-0.1, -0.05) is 19.2 Å². The largest absolute Gasteiger partial charge is 0.480 e. The second-order valence-electron chi connectivity index (χ2n) is 5.33. The van der Waals surface area contributed by atoms with Gasteiger partial charge in [0.15, 0.2) is 6.29 Å². The van der Waals surface area contributed by atoms with Crippen molar-refractivity contribution < 1.29 is 9.53 Å². The van der Waals surface area contributed by atoms with E-state index in [0.29, 0.717) is 28.7 Å². The lowest BCUT2D eigenvalue weighted by atomic mass is 9.95. The molecule has 1 aromatic heterocycles. The fourth-order valence-corrected chi connectivity index (χ4v) is 2.39. The summed E-state index contributed by atoms with van der Waals surface area (Å²) in [4.78, 5) is 23.1. The molecule has 0 aliphatic carbocycles. The van der Waals surface area contributed by atoms with Crippen LogP contribution in [0.3, 0.4) is 0 Å². The standard InChI is InChI=1S/C21H19N3O2/c1-14(8-9-22-3)15(2)19-11-16(6-7-20(19)23-4)17-10-18(13-25)21(26-5)24-12-17/h6-13H,1-4H2,5H3/b9-8-. The number of aromatic nitrogens is 1. The summed E-state index contributed by atoms with van der Waals surface area (Å²) in [5.74, 6) is 0.285. The van der Waals surface area contributed by atoms with Gasteiger partial charge in [-0.3, -0.25) is 14.8 Å². The fraction of sp³-hybridized carbons (Fsp3) is 0.0476. The molecule has 5 heteroatoms. The van der Waals surface area contributed by atoms with Crippen LogP contribution in [0.5, 0.6) is 5.88 Å². The lowest BCUT2D eigenvalue weighted by Crippen LogP contribution is -1.95. The van der Waals surface area contributed by atoms with Crippen molar-refractivity contribution in [3.8, 4) is 17.0 Å². The van der Waals surface area contributed by atoms with E-state index in [0.717, 1.165) is 16.7 Å². The zero-order valence-corrected chi connectivity index (χ0v) is 14.6. The Morgan fingerprint density at radius 3 is 2.58 bits per heavy atom. The van der Waals surface area contributed by atoms with Crippen molar-refractivity contribution in [3.05, 3.63) is 72.6 Å². The minimum absolute atomic E-state index is 0.285. The van der Waals surface area contributed by atoms with Gasteiger partial charge in [0.2, 0.25) is 5.88 Å². The van der Waals surface area contributed by atoms with Crippen molar-refractivity contribution in [1.82, 2.24) is 4.98 Å². The van der Waals surface area contributed by atoms with Gasteiger partial charge in [0.1, 0.15) is 0 Å². The Bertz CT molecular complexity index is 927. The van der Waals surface area contributed by atoms with Crippen LogP contribution >= 0.6 is 0 Å². The Morgan fingerprint density at radius 1 is 1.19 bits per heavy atom. The maximum atomic E-state index is 11.2. The Morgan fingerprint density at radius 2 is 1.96 bits per heavy atom. The van der Waals surface area contributed by atoms with Gasteiger partial charge < -0.3 is 4.74 Å². The molecule has 1 heterocycles. The second-order valence-corrected chi connectivity index (χ2v) is 5.33. The van der Waals surface area contributed by atoms with Crippen molar-refractivity contribution in [2.45, 2.75) is 0 Å². The number of hydrogen-bond donors (Lipinski definition) is 0. The number of allylic oxidation sites excluding steroid dienone is 3. The molecule has 0 radical (unpaired) electrons. The summed E-state index contributed by atoms with van der Waals surface area (Å²) in [6.45, 7) is 15.1. The minimum Gasteiger partial charge on any atom is -0.480 e. The normalized spacial score (nSPS) is 10.3. The minimum atomic E-state index is 0.285. The number of aliphatic imine (C=N–C) groups is 2. The molecule has 2 aromatic rings. The molecule has 0 saturated carbocycles. The van der Waals surface area contributed by atoms with E-state index in [1.807, 2.05) is 18.2 Å². The summed E-state index contributed by atoms with van der Waals surface area (Å²) < 4.78 is 5.08. The number of pyridine rings is 1. The molecule has 1 aromatic carbocycles. The third-order valence-electron chi connectivity index (χ3n) is 3.79. The van der Waals surface area contributed by atoms with Crippen LogP contribution in [0, 0.1) is 0 Å². The fourth-order valence-electron chi connectivity index (χ4n) is 2.39. The predicted molar refractivity (Wildman–Crippen MR) is 108 cm³/mol. The molecule has 0 N–H and O–H groups in total. The average Bonchev–Trinajstić information content (AvgIpc) is 2.70. The highest BCUT2D eigenvalue weighted by Gasteiger charge is 2.11. The molecule has 0 aliphatic heterocycles. The van der Waals surface area contributed by atoms with Gasteiger partial charge in [0, 0.05) is 23.5 Å². The molecule has 0 fully saturated rings. The lowest BCUT2D eigenvalue weighted by Gasteiger charge is -2.12. The summed E-state index contributed by atoms with van der Waals surface area (Å²) in [7, 11) is 1.47. The van der Waals surface area contributed by atoms with Crippen LogP contribution in [0.4, 0.5) is 5.69 Å². The van der Waals surface area contributed by atoms with Crippen LogP contribution in [-0.4, -0.2) is 31.8 Å². The highest BCUT2D eigenvalue weighted by Crippen LogP contribution is 2.34. The Hall–Kier alpha value is -3.60. The van der Waals surface area contributed by atoms with E-state index in [2.05, 4.69) is 41.6 Å². The van der Waals surface area contributed by atoms with Crippen LogP contribution in [0.15, 0.2) is 71.5 Å². The van der Waals surface area contributed by atoms with Gasteiger partial charge in [-0.25, -0.2) is 4.98 Å². The van der Waals surface area contributed by atoms with Gasteiger partial charge in [0.05, 0.1) is 18.4 Å². The number of aldehydes is 1. The molecular formula is C21H19N3O2. The number of carbonyl (C=O) groups excluding carboxylic acids is 1. The van der Waals surface area contributed by atoms with E-state index in [1.165, 1.54) is 7.11 Å². The number of methoxy groups -OCH3 is 1. The molecular weight excluding hydrogens is 326 g/mol. The molecule has 0 spiro atoms. The highest BCUT2D eigenvalue weighted by molar-refractivity contribution is 5.88.